The van der Waals surface area contributed by atoms with Gasteiger partial charge in [0, 0.05) is 18.0 Å². The predicted molar refractivity (Wildman–Crippen MR) is 117 cm³/mol. The standard InChI is InChI=1S/C27H29N/c1-3-9-22(10-4-1)23-14-16-24(17-15-23)26-13-7-8-20-28(26)21-27(18-19-27)25-11-5-2-6-12-25/h1-6,9-12,14-17,26H,7-8,13,18-21H2. The van der Waals surface area contributed by atoms with Crippen molar-refractivity contribution in [3.63, 3.8) is 0 Å². The first kappa shape index (κ1) is 17.7. The molecule has 28 heavy (non-hydrogen) atoms. The van der Waals surface area contributed by atoms with E-state index in [4.69, 9.17) is 0 Å². The number of hydrogen-bond acceptors (Lipinski definition) is 1. The van der Waals surface area contributed by atoms with Gasteiger partial charge in [0.2, 0.25) is 0 Å². The topological polar surface area (TPSA) is 3.24 Å². The molecule has 142 valence electrons. The maximum absolute atomic E-state index is 2.78. The maximum atomic E-state index is 2.78. The van der Waals surface area contributed by atoms with Gasteiger partial charge in [0.1, 0.15) is 0 Å². The van der Waals surface area contributed by atoms with Gasteiger partial charge in [-0.05, 0) is 54.5 Å². The second-order valence-corrected chi connectivity index (χ2v) is 8.62. The summed E-state index contributed by atoms with van der Waals surface area (Å²) in [7, 11) is 0. The molecule has 0 aromatic heterocycles. The van der Waals surface area contributed by atoms with Crippen molar-refractivity contribution in [2.75, 3.05) is 13.1 Å². The van der Waals surface area contributed by atoms with E-state index in [0.29, 0.717) is 11.5 Å². The number of rotatable bonds is 5. The minimum absolute atomic E-state index is 0.404. The summed E-state index contributed by atoms with van der Waals surface area (Å²) >= 11 is 0. The van der Waals surface area contributed by atoms with E-state index in [2.05, 4.69) is 89.8 Å². The fourth-order valence-corrected chi connectivity index (χ4v) is 4.96. The molecule has 1 aliphatic heterocycles. The van der Waals surface area contributed by atoms with E-state index in [9.17, 15) is 0 Å². The fraction of sp³-hybridized carbons (Fsp3) is 0.333. The molecule has 2 fully saturated rings. The van der Waals surface area contributed by atoms with Gasteiger partial charge in [0.05, 0.1) is 0 Å². The van der Waals surface area contributed by atoms with E-state index in [-0.39, 0.29) is 0 Å². The third kappa shape index (κ3) is 3.52. The smallest absolute Gasteiger partial charge is 0.0348 e. The average Bonchev–Trinajstić information content (AvgIpc) is 3.56. The van der Waals surface area contributed by atoms with Crippen molar-refractivity contribution in [3.05, 3.63) is 96.1 Å². The Kier molecular flexibility index (Phi) is 4.78. The molecule has 3 aromatic carbocycles. The van der Waals surface area contributed by atoms with Crippen molar-refractivity contribution in [2.45, 2.75) is 43.6 Å². The van der Waals surface area contributed by atoms with E-state index >= 15 is 0 Å². The van der Waals surface area contributed by atoms with Crippen LogP contribution in [-0.4, -0.2) is 18.0 Å². The second kappa shape index (κ2) is 7.56. The molecule has 5 rings (SSSR count). The minimum Gasteiger partial charge on any atom is -0.295 e. The highest BCUT2D eigenvalue weighted by Crippen LogP contribution is 2.50. The Labute approximate surface area is 169 Å². The quantitative estimate of drug-likeness (QED) is 0.490. The summed E-state index contributed by atoms with van der Waals surface area (Å²) in [5.41, 5.74) is 6.05. The van der Waals surface area contributed by atoms with Crippen LogP contribution in [-0.2, 0) is 5.41 Å². The average molecular weight is 368 g/mol. The largest absolute Gasteiger partial charge is 0.295 e. The molecule has 0 radical (unpaired) electrons. The van der Waals surface area contributed by atoms with Crippen molar-refractivity contribution < 1.29 is 0 Å². The Morgan fingerprint density at radius 1 is 0.714 bits per heavy atom. The third-order valence-corrected chi connectivity index (χ3v) is 6.76. The summed E-state index contributed by atoms with van der Waals surface area (Å²) in [6.45, 7) is 2.45. The van der Waals surface area contributed by atoms with Gasteiger partial charge in [0.15, 0.2) is 0 Å². The molecule has 3 aromatic rings. The number of piperidine rings is 1. The van der Waals surface area contributed by atoms with Gasteiger partial charge < -0.3 is 0 Å². The third-order valence-electron chi connectivity index (χ3n) is 6.76. The summed E-state index contributed by atoms with van der Waals surface area (Å²) in [6, 6.07) is 31.8. The molecule has 1 saturated carbocycles. The van der Waals surface area contributed by atoms with Gasteiger partial charge in [-0.25, -0.2) is 0 Å². The van der Waals surface area contributed by atoms with E-state index in [1.807, 2.05) is 0 Å². The number of likely N-dealkylation sites (tertiary alicyclic amines) is 1. The summed E-state index contributed by atoms with van der Waals surface area (Å²) in [4.78, 5) is 2.78. The van der Waals surface area contributed by atoms with Crippen LogP contribution in [0.25, 0.3) is 11.1 Å². The minimum atomic E-state index is 0.404. The molecule has 0 N–H and O–H groups in total. The van der Waals surface area contributed by atoms with Crippen molar-refractivity contribution in [1.29, 1.82) is 0 Å². The Morgan fingerprint density at radius 2 is 1.36 bits per heavy atom. The van der Waals surface area contributed by atoms with Crippen LogP contribution < -0.4 is 0 Å². The maximum Gasteiger partial charge on any atom is 0.0348 e. The summed E-state index contributed by atoms with van der Waals surface area (Å²) in [5.74, 6) is 0. The highest BCUT2D eigenvalue weighted by atomic mass is 15.2. The number of hydrogen-bond donors (Lipinski definition) is 0. The lowest BCUT2D eigenvalue weighted by Crippen LogP contribution is -2.39. The van der Waals surface area contributed by atoms with Crippen LogP contribution in [0.15, 0.2) is 84.9 Å². The molecular formula is C27H29N. The molecule has 0 amide bonds. The van der Waals surface area contributed by atoms with Crippen LogP contribution in [0.4, 0.5) is 0 Å². The Bertz CT molecular complexity index is 894. The Balaban J connectivity index is 1.36. The van der Waals surface area contributed by atoms with Gasteiger partial charge in [-0.2, -0.15) is 0 Å². The molecule has 0 spiro atoms. The molecule has 1 heterocycles. The van der Waals surface area contributed by atoms with Crippen LogP contribution in [0, 0.1) is 0 Å². The Morgan fingerprint density at radius 3 is 2.04 bits per heavy atom. The van der Waals surface area contributed by atoms with Crippen LogP contribution >= 0.6 is 0 Å². The lowest BCUT2D eigenvalue weighted by Gasteiger charge is -2.38. The van der Waals surface area contributed by atoms with E-state index < -0.39 is 0 Å². The van der Waals surface area contributed by atoms with Crippen molar-refractivity contribution in [2.24, 2.45) is 0 Å². The van der Waals surface area contributed by atoms with Crippen LogP contribution in [0.5, 0.6) is 0 Å². The first-order valence-corrected chi connectivity index (χ1v) is 10.8. The lowest BCUT2D eigenvalue weighted by atomic mass is 9.90. The van der Waals surface area contributed by atoms with Crippen molar-refractivity contribution in [3.8, 4) is 11.1 Å². The second-order valence-electron chi connectivity index (χ2n) is 8.62. The SMILES string of the molecule is c1ccc(-c2ccc(C3CCCCN3CC3(c4ccccc4)CC3)cc2)cc1. The molecule has 1 aliphatic carbocycles. The first-order valence-electron chi connectivity index (χ1n) is 10.8. The van der Waals surface area contributed by atoms with Crippen molar-refractivity contribution >= 4 is 0 Å². The molecule has 1 nitrogen and oxygen atoms in total. The van der Waals surface area contributed by atoms with Crippen LogP contribution in [0.2, 0.25) is 0 Å². The zero-order valence-electron chi connectivity index (χ0n) is 16.6. The highest BCUT2D eigenvalue weighted by molar-refractivity contribution is 5.63. The molecule has 0 bridgehead atoms. The summed E-state index contributed by atoms with van der Waals surface area (Å²) in [5, 5.41) is 0. The van der Waals surface area contributed by atoms with E-state index in [0.717, 1.165) is 0 Å². The van der Waals surface area contributed by atoms with Crippen LogP contribution in [0.1, 0.15) is 49.3 Å². The van der Waals surface area contributed by atoms with E-state index in [1.165, 1.54) is 61.9 Å². The number of benzene rings is 3. The highest BCUT2D eigenvalue weighted by Gasteiger charge is 2.46. The monoisotopic (exact) mass is 367 g/mol. The van der Waals surface area contributed by atoms with Gasteiger partial charge in [-0.15, -0.1) is 0 Å². The molecule has 1 heteroatoms. The predicted octanol–water partition coefficient (Wildman–Crippen LogP) is 6.61. The zero-order chi connectivity index (χ0) is 18.8. The molecule has 1 saturated heterocycles. The summed E-state index contributed by atoms with van der Waals surface area (Å²) in [6.07, 6.45) is 6.65. The van der Waals surface area contributed by atoms with Gasteiger partial charge in [0.25, 0.3) is 0 Å². The van der Waals surface area contributed by atoms with Crippen molar-refractivity contribution in [1.82, 2.24) is 4.90 Å². The van der Waals surface area contributed by atoms with Gasteiger partial charge >= 0.3 is 0 Å². The lowest BCUT2D eigenvalue weighted by molar-refractivity contribution is 0.135. The molecule has 2 aliphatic rings. The van der Waals surface area contributed by atoms with Gasteiger partial charge in [-0.1, -0.05) is 91.3 Å². The van der Waals surface area contributed by atoms with E-state index in [1.54, 1.807) is 5.56 Å². The molecular weight excluding hydrogens is 338 g/mol. The zero-order valence-corrected chi connectivity index (χ0v) is 16.6. The fourth-order valence-electron chi connectivity index (χ4n) is 4.96. The normalized spacial score (nSPS) is 21.4. The molecule has 1 unspecified atom stereocenters. The summed E-state index contributed by atoms with van der Waals surface area (Å²) < 4.78 is 0. The first-order chi connectivity index (χ1) is 13.8. The van der Waals surface area contributed by atoms with Crippen LogP contribution in [0.3, 0.4) is 0 Å². The number of nitrogens with zero attached hydrogens (tertiary/aromatic N) is 1. The molecule has 1 atom stereocenters. The van der Waals surface area contributed by atoms with Gasteiger partial charge in [-0.3, -0.25) is 4.90 Å². The Hall–Kier alpha value is -2.38.